The van der Waals surface area contributed by atoms with Crippen molar-refractivity contribution in [3.63, 3.8) is 0 Å². The molecular formula is C69H130O6. The second-order valence-electron chi connectivity index (χ2n) is 23.8. The fourth-order valence-electron chi connectivity index (χ4n) is 11.7. The van der Waals surface area contributed by atoms with Crippen molar-refractivity contribution < 1.29 is 28.8 Å². The van der Waals surface area contributed by atoms with Gasteiger partial charge in [0, 0.05) is 31.5 Å². The van der Waals surface area contributed by atoms with Gasteiger partial charge in [-0.05, 0) is 50.2 Å². The maximum atomic E-state index is 10.2. The molecule has 1 aromatic rings. The summed E-state index contributed by atoms with van der Waals surface area (Å²) in [6, 6.07) is 5.71. The van der Waals surface area contributed by atoms with E-state index in [0.717, 1.165) is 63.2 Å². The van der Waals surface area contributed by atoms with E-state index in [2.05, 4.69) is 20.8 Å². The first kappa shape index (κ1) is 69.8. The van der Waals surface area contributed by atoms with E-state index in [1.165, 1.54) is 289 Å². The third kappa shape index (κ3) is 41.4. The van der Waals surface area contributed by atoms with Crippen molar-refractivity contribution in [2.45, 2.75) is 367 Å². The summed E-state index contributed by atoms with van der Waals surface area (Å²) >= 11 is 0. The van der Waals surface area contributed by atoms with Gasteiger partial charge in [0.1, 0.15) is 17.6 Å². The molecule has 6 heteroatoms. The number of rotatable bonds is 59. The summed E-state index contributed by atoms with van der Waals surface area (Å²) in [4.78, 5) is 0. The Labute approximate surface area is 468 Å². The molecule has 0 radical (unpaired) electrons. The maximum absolute atomic E-state index is 10.2. The molecule has 0 aromatic heterocycles. The van der Waals surface area contributed by atoms with E-state index < -0.39 is 0 Å². The zero-order valence-electron chi connectivity index (χ0n) is 50.9. The molecule has 2 unspecified atom stereocenters. The fraction of sp³-hybridized carbons (Fsp3) is 0.913. The Hall–Kier alpha value is -1.34. The largest absolute Gasteiger partial charge is 0.497 e. The molecule has 2 atom stereocenters. The lowest BCUT2D eigenvalue weighted by Crippen LogP contribution is -2.50. The topological polar surface area (TPSA) is 66.4 Å². The van der Waals surface area contributed by atoms with Crippen molar-refractivity contribution in [3.8, 4) is 11.5 Å². The molecule has 1 fully saturated rings. The zero-order valence-corrected chi connectivity index (χ0v) is 50.9. The molecule has 0 amide bonds. The zero-order chi connectivity index (χ0) is 53.6. The van der Waals surface area contributed by atoms with Crippen molar-refractivity contribution >= 4 is 0 Å². The van der Waals surface area contributed by atoms with E-state index in [9.17, 15) is 5.11 Å². The first-order valence-corrected chi connectivity index (χ1v) is 33.9. The van der Waals surface area contributed by atoms with Gasteiger partial charge in [-0.25, -0.2) is 0 Å². The molecule has 1 aliphatic rings. The van der Waals surface area contributed by atoms with Crippen LogP contribution >= 0.6 is 0 Å². The predicted molar refractivity (Wildman–Crippen MR) is 325 cm³/mol. The Bertz CT molecular complexity index is 1240. The molecule has 2 rings (SSSR count). The van der Waals surface area contributed by atoms with Gasteiger partial charge in [-0.2, -0.15) is 0 Å². The lowest BCUT2D eigenvalue weighted by Gasteiger charge is -2.41. The van der Waals surface area contributed by atoms with Gasteiger partial charge in [0.05, 0.1) is 32.5 Å². The maximum Gasteiger partial charge on any atom is 0.128 e. The van der Waals surface area contributed by atoms with E-state index in [0.29, 0.717) is 12.4 Å². The van der Waals surface area contributed by atoms with Gasteiger partial charge < -0.3 is 28.8 Å². The number of hydrogen-bond acceptors (Lipinski definition) is 6. The average molecular weight is 1060 g/mol. The van der Waals surface area contributed by atoms with Gasteiger partial charge in [-0.3, -0.25) is 0 Å². The molecule has 1 aromatic carbocycles. The average Bonchev–Trinajstić information content (AvgIpc) is 3.43. The van der Waals surface area contributed by atoms with Gasteiger partial charge >= 0.3 is 0 Å². The first-order chi connectivity index (χ1) is 37.2. The third-order valence-corrected chi connectivity index (χ3v) is 16.8. The first-order valence-electron chi connectivity index (χ1n) is 33.9. The molecule has 6 nitrogen and oxygen atoms in total. The van der Waals surface area contributed by atoms with E-state index >= 15 is 0 Å². The summed E-state index contributed by atoms with van der Waals surface area (Å²) in [5.41, 5.74) is 0.791. The van der Waals surface area contributed by atoms with Gasteiger partial charge in [0.25, 0.3) is 0 Å². The summed E-state index contributed by atoms with van der Waals surface area (Å²) in [6.45, 7) is 9.77. The Morgan fingerprint density at radius 3 is 0.933 bits per heavy atom. The number of hydrogen-bond donors (Lipinski definition) is 1. The molecular weight excluding hydrogens is 925 g/mol. The van der Waals surface area contributed by atoms with Crippen LogP contribution in [-0.4, -0.2) is 57.0 Å². The minimum atomic E-state index is -0.0602. The Balaban J connectivity index is 1.87. The van der Waals surface area contributed by atoms with Crippen LogP contribution in [0.1, 0.15) is 347 Å². The number of aliphatic hydroxyl groups excluding tert-OH is 1. The fourth-order valence-corrected chi connectivity index (χ4v) is 11.7. The second kappa shape index (κ2) is 54.6. The van der Waals surface area contributed by atoms with Crippen molar-refractivity contribution in [2.24, 2.45) is 5.92 Å². The van der Waals surface area contributed by atoms with Crippen LogP contribution < -0.4 is 9.47 Å². The Kier molecular flexibility index (Phi) is 50.8. The van der Waals surface area contributed by atoms with Crippen LogP contribution in [0.5, 0.6) is 11.5 Å². The van der Waals surface area contributed by atoms with Crippen LogP contribution in [0.15, 0.2) is 18.2 Å². The van der Waals surface area contributed by atoms with Gasteiger partial charge in [-0.1, -0.05) is 310 Å². The highest BCUT2D eigenvalue weighted by Crippen LogP contribution is 2.34. The molecule has 0 saturated heterocycles. The summed E-state index contributed by atoms with van der Waals surface area (Å²) in [5, 5.41) is 10.2. The van der Waals surface area contributed by atoms with E-state index in [1.54, 1.807) is 7.11 Å². The number of methoxy groups -OCH3 is 1. The number of benzene rings is 1. The molecule has 75 heavy (non-hydrogen) atoms. The molecule has 0 spiro atoms. The van der Waals surface area contributed by atoms with Crippen LogP contribution in [0.4, 0.5) is 0 Å². The van der Waals surface area contributed by atoms with E-state index in [4.69, 9.17) is 23.7 Å². The van der Waals surface area contributed by atoms with Gasteiger partial charge in [0.2, 0.25) is 0 Å². The van der Waals surface area contributed by atoms with E-state index in [1.807, 2.05) is 18.2 Å². The van der Waals surface area contributed by atoms with Crippen LogP contribution in [0.2, 0.25) is 0 Å². The van der Waals surface area contributed by atoms with Crippen molar-refractivity contribution in [2.75, 3.05) is 33.5 Å². The number of aliphatic hydroxyl groups is 1. The molecule has 1 aliphatic carbocycles. The van der Waals surface area contributed by atoms with Gasteiger partial charge in [-0.15, -0.1) is 0 Å². The Morgan fingerprint density at radius 2 is 0.653 bits per heavy atom. The summed E-state index contributed by atoms with van der Waals surface area (Å²) < 4.78 is 32.8. The molecule has 1 N–H and O–H groups in total. The van der Waals surface area contributed by atoms with E-state index in [-0.39, 0.29) is 30.8 Å². The SMILES string of the molecule is CCCCCCCCCCCCCCCCCCOC1CC(COc2cc(OC)ccc2CO)CC(OCCCCCCCCCCCCCCCCCC)C1OCCCCCCCCCCCCCCCCCC. The second-order valence-corrected chi connectivity index (χ2v) is 23.8. The third-order valence-electron chi connectivity index (χ3n) is 16.8. The normalized spacial score (nSPS) is 16.8. The highest BCUT2D eigenvalue weighted by Gasteiger charge is 2.40. The lowest BCUT2D eigenvalue weighted by molar-refractivity contribution is -0.172. The summed E-state index contributed by atoms with van der Waals surface area (Å²) in [5.74, 6) is 1.72. The molecule has 1 saturated carbocycles. The smallest absolute Gasteiger partial charge is 0.128 e. The molecule has 442 valence electrons. The highest BCUT2D eigenvalue weighted by atomic mass is 16.6. The van der Waals surface area contributed by atoms with Crippen LogP contribution in [0, 0.1) is 5.92 Å². The van der Waals surface area contributed by atoms with Gasteiger partial charge in [0.15, 0.2) is 0 Å². The van der Waals surface area contributed by atoms with Crippen molar-refractivity contribution in [3.05, 3.63) is 23.8 Å². The molecule has 0 heterocycles. The molecule has 0 aliphatic heterocycles. The minimum absolute atomic E-state index is 0.0110. The highest BCUT2D eigenvalue weighted by molar-refractivity contribution is 5.40. The minimum Gasteiger partial charge on any atom is -0.497 e. The molecule has 0 bridgehead atoms. The summed E-state index contributed by atoms with van der Waals surface area (Å²) in [6.07, 6.45) is 67.7. The quantitative estimate of drug-likeness (QED) is 0.0656. The number of ether oxygens (including phenoxy) is 5. The van der Waals surface area contributed by atoms with Crippen molar-refractivity contribution in [1.29, 1.82) is 0 Å². The monoisotopic (exact) mass is 1050 g/mol. The summed E-state index contributed by atoms with van der Waals surface area (Å²) in [7, 11) is 1.68. The lowest BCUT2D eigenvalue weighted by atomic mass is 9.83. The standard InChI is InChI=1S/C69H130O6/c1-5-8-11-14-17-20-23-26-29-32-35-38-41-44-47-50-55-72-67-58-63(62-75-66-60-65(71-4)54-53-64(66)61-70)59-68(73-56-51-48-45-42-39-36-33-30-27-24-21-18-15-12-9-6-2)69(67)74-57-52-49-46-43-40-37-34-31-28-25-22-19-16-13-10-7-3/h53-54,60,63,67-70H,5-52,55-59,61-62H2,1-4H3. The van der Waals surface area contributed by atoms with Crippen LogP contribution in [0.25, 0.3) is 0 Å². The van der Waals surface area contributed by atoms with Crippen molar-refractivity contribution in [1.82, 2.24) is 0 Å². The van der Waals surface area contributed by atoms with Crippen LogP contribution in [-0.2, 0) is 20.8 Å². The predicted octanol–water partition coefficient (Wildman–Crippen LogP) is 21.9. The van der Waals surface area contributed by atoms with Crippen LogP contribution in [0.3, 0.4) is 0 Å². The Morgan fingerprint density at radius 1 is 0.373 bits per heavy atom. The number of unbranched alkanes of at least 4 members (excludes halogenated alkanes) is 45.